The minimum atomic E-state index is -0.518. The van der Waals surface area contributed by atoms with Crippen molar-refractivity contribution in [1.82, 2.24) is 10.2 Å². The number of hydrogen-bond donors (Lipinski definition) is 3. The molecule has 2 aromatic rings. The van der Waals surface area contributed by atoms with Gasteiger partial charge in [-0.05, 0) is 25.1 Å². The van der Waals surface area contributed by atoms with Gasteiger partial charge in [0.05, 0.1) is 11.9 Å². The molecule has 20 heavy (non-hydrogen) atoms. The third-order valence-corrected chi connectivity index (χ3v) is 3.10. The number of hydrazone groups is 1. The maximum absolute atomic E-state index is 11.3. The van der Waals surface area contributed by atoms with E-state index in [1.807, 2.05) is 0 Å². The van der Waals surface area contributed by atoms with Crippen LogP contribution in [0.2, 0.25) is 10.0 Å². The van der Waals surface area contributed by atoms with Crippen LogP contribution in [0.4, 0.5) is 5.69 Å². The van der Waals surface area contributed by atoms with E-state index >= 15 is 0 Å². The van der Waals surface area contributed by atoms with Crippen LogP contribution in [0.3, 0.4) is 0 Å². The molecule has 2 rings (SSSR count). The first kappa shape index (κ1) is 14.4. The number of benzene rings is 1. The highest BCUT2D eigenvalue weighted by molar-refractivity contribution is 6.33. The predicted octanol–water partition coefficient (Wildman–Crippen LogP) is 2.62. The van der Waals surface area contributed by atoms with Crippen molar-refractivity contribution >= 4 is 34.6 Å². The molecule has 104 valence electrons. The first-order chi connectivity index (χ1) is 9.49. The molecule has 1 aromatic heterocycles. The summed E-state index contributed by atoms with van der Waals surface area (Å²) in [6.07, 6.45) is 1.33. The van der Waals surface area contributed by atoms with E-state index in [1.54, 1.807) is 19.1 Å². The first-order valence-corrected chi connectivity index (χ1v) is 6.27. The van der Waals surface area contributed by atoms with Crippen molar-refractivity contribution in [3.8, 4) is 5.75 Å². The van der Waals surface area contributed by atoms with Crippen LogP contribution in [0.15, 0.2) is 34.3 Å². The predicted molar refractivity (Wildman–Crippen MR) is 78.8 cm³/mol. The Bertz CT molecular complexity index is 728. The molecule has 0 unspecified atom stereocenters. The van der Waals surface area contributed by atoms with E-state index in [-0.39, 0.29) is 16.5 Å². The van der Waals surface area contributed by atoms with Crippen LogP contribution < -0.4 is 11.0 Å². The molecule has 0 saturated carbocycles. The molecule has 1 aromatic carbocycles. The Morgan fingerprint density at radius 1 is 1.45 bits per heavy atom. The molecule has 3 N–H and O–H groups in total. The fourth-order valence-corrected chi connectivity index (χ4v) is 1.77. The summed E-state index contributed by atoms with van der Waals surface area (Å²) in [5.74, 6) is 0.0487. The van der Waals surface area contributed by atoms with Gasteiger partial charge in [-0.1, -0.05) is 23.2 Å². The number of nitrogens with zero attached hydrogens (tertiary/aromatic N) is 2. The summed E-state index contributed by atoms with van der Waals surface area (Å²) in [5.41, 5.74) is 3.30. The second-order valence-corrected chi connectivity index (χ2v) is 4.71. The van der Waals surface area contributed by atoms with E-state index in [0.717, 1.165) is 0 Å². The van der Waals surface area contributed by atoms with Crippen LogP contribution in [0.25, 0.3) is 0 Å². The lowest BCUT2D eigenvalue weighted by molar-refractivity contribution is 0.474. The van der Waals surface area contributed by atoms with Gasteiger partial charge in [0.25, 0.3) is 5.56 Å². The molecule has 0 aliphatic rings. The lowest BCUT2D eigenvalue weighted by Crippen LogP contribution is -2.10. The van der Waals surface area contributed by atoms with Crippen LogP contribution in [0.5, 0.6) is 5.75 Å². The van der Waals surface area contributed by atoms with Crippen molar-refractivity contribution in [3.63, 3.8) is 0 Å². The average Bonchev–Trinajstić information content (AvgIpc) is 2.43. The third-order valence-electron chi connectivity index (χ3n) is 2.49. The maximum Gasteiger partial charge on any atom is 0.285 e. The van der Waals surface area contributed by atoms with Crippen LogP contribution in [-0.2, 0) is 0 Å². The molecular weight excluding hydrogens is 303 g/mol. The highest BCUT2D eigenvalue weighted by Gasteiger charge is 2.07. The average molecular weight is 313 g/mol. The molecule has 6 nitrogen and oxygen atoms in total. The van der Waals surface area contributed by atoms with Gasteiger partial charge < -0.3 is 5.11 Å². The van der Waals surface area contributed by atoms with E-state index in [0.29, 0.717) is 16.3 Å². The third kappa shape index (κ3) is 3.09. The highest BCUT2D eigenvalue weighted by atomic mass is 35.5. The number of anilines is 1. The summed E-state index contributed by atoms with van der Waals surface area (Å²) >= 11 is 11.7. The van der Waals surface area contributed by atoms with Crippen molar-refractivity contribution < 1.29 is 5.11 Å². The number of rotatable bonds is 3. The fourth-order valence-electron chi connectivity index (χ4n) is 1.46. The standard InChI is InChI=1S/C12H10Cl2N4O2/c1-6(8-4-7(13)2-3-10(8)19)16-17-9-5-15-18-12(20)11(9)14/h2-5,19H,1H3,(H2,17,18,20)/b16-6+. The van der Waals surface area contributed by atoms with Crippen LogP contribution in [-0.4, -0.2) is 21.0 Å². The Morgan fingerprint density at radius 2 is 2.20 bits per heavy atom. The van der Waals surface area contributed by atoms with Gasteiger partial charge >= 0.3 is 0 Å². The Kier molecular flexibility index (Phi) is 4.26. The molecule has 0 aliphatic carbocycles. The van der Waals surface area contributed by atoms with Gasteiger partial charge in [-0.2, -0.15) is 10.2 Å². The molecule has 0 aliphatic heterocycles. The summed E-state index contributed by atoms with van der Waals surface area (Å²) in [6, 6.07) is 4.62. The number of nitrogens with one attached hydrogen (secondary N) is 2. The molecule has 0 fully saturated rings. The Morgan fingerprint density at radius 3 is 2.95 bits per heavy atom. The number of phenolic OH excluding ortho intramolecular Hbond substituents is 1. The normalized spacial score (nSPS) is 11.4. The Balaban J connectivity index is 2.29. The second-order valence-electron chi connectivity index (χ2n) is 3.90. The zero-order valence-electron chi connectivity index (χ0n) is 10.3. The maximum atomic E-state index is 11.3. The Labute approximate surface area is 124 Å². The molecule has 0 spiro atoms. The second kappa shape index (κ2) is 5.94. The SMILES string of the molecule is C/C(=N\Nc1cn[nH]c(=O)c1Cl)c1cc(Cl)ccc1O. The number of halogens is 2. The zero-order chi connectivity index (χ0) is 14.7. The topological polar surface area (TPSA) is 90.4 Å². The van der Waals surface area contributed by atoms with Gasteiger partial charge in [0.15, 0.2) is 0 Å². The van der Waals surface area contributed by atoms with Gasteiger partial charge in [-0.15, -0.1) is 0 Å². The highest BCUT2D eigenvalue weighted by Crippen LogP contribution is 2.22. The van der Waals surface area contributed by atoms with Gasteiger partial charge in [0.2, 0.25) is 0 Å². The van der Waals surface area contributed by atoms with E-state index in [4.69, 9.17) is 23.2 Å². The lowest BCUT2D eigenvalue weighted by atomic mass is 10.1. The summed E-state index contributed by atoms with van der Waals surface area (Å²) in [5, 5.41) is 20.0. The molecule has 1 heterocycles. The molecule has 0 bridgehead atoms. The summed E-state index contributed by atoms with van der Waals surface area (Å²) < 4.78 is 0. The van der Waals surface area contributed by atoms with Crippen molar-refractivity contribution in [2.45, 2.75) is 6.92 Å². The van der Waals surface area contributed by atoms with Gasteiger partial charge in [-0.25, -0.2) is 5.10 Å². The minimum Gasteiger partial charge on any atom is -0.507 e. The zero-order valence-corrected chi connectivity index (χ0v) is 11.8. The molecule has 8 heteroatoms. The van der Waals surface area contributed by atoms with E-state index in [9.17, 15) is 9.90 Å². The van der Waals surface area contributed by atoms with Crippen molar-refractivity contribution in [1.29, 1.82) is 0 Å². The largest absolute Gasteiger partial charge is 0.507 e. The number of phenols is 1. The van der Waals surface area contributed by atoms with E-state index in [2.05, 4.69) is 20.7 Å². The minimum absolute atomic E-state index is 0.0487. The van der Waals surface area contributed by atoms with Crippen molar-refractivity contribution in [3.05, 3.63) is 50.4 Å². The monoisotopic (exact) mass is 312 g/mol. The summed E-state index contributed by atoms with van der Waals surface area (Å²) in [6.45, 7) is 1.67. The van der Waals surface area contributed by atoms with Gasteiger partial charge in [0.1, 0.15) is 16.5 Å². The Hall–Kier alpha value is -2.05. The van der Waals surface area contributed by atoms with E-state index in [1.165, 1.54) is 12.3 Å². The number of hydrogen-bond acceptors (Lipinski definition) is 5. The number of aromatic hydroxyl groups is 1. The van der Waals surface area contributed by atoms with Crippen molar-refractivity contribution in [2.24, 2.45) is 5.10 Å². The van der Waals surface area contributed by atoms with Crippen molar-refractivity contribution in [2.75, 3.05) is 5.43 Å². The molecule has 0 amide bonds. The quantitative estimate of drug-likeness (QED) is 0.600. The molecule has 0 radical (unpaired) electrons. The molecule has 0 saturated heterocycles. The smallest absolute Gasteiger partial charge is 0.285 e. The molecular formula is C12H10Cl2N4O2. The van der Waals surface area contributed by atoms with Gasteiger partial charge in [-0.3, -0.25) is 10.2 Å². The van der Waals surface area contributed by atoms with Crippen LogP contribution in [0, 0.1) is 0 Å². The summed E-state index contributed by atoms with van der Waals surface area (Å²) in [4.78, 5) is 11.3. The fraction of sp³-hybridized carbons (Fsp3) is 0.0833. The summed E-state index contributed by atoms with van der Waals surface area (Å²) in [7, 11) is 0. The number of H-pyrrole nitrogens is 1. The van der Waals surface area contributed by atoms with Gasteiger partial charge in [0, 0.05) is 10.6 Å². The first-order valence-electron chi connectivity index (χ1n) is 5.51. The number of aromatic amines is 1. The lowest BCUT2D eigenvalue weighted by Gasteiger charge is -2.06. The van der Waals surface area contributed by atoms with E-state index < -0.39 is 5.56 Å². The molecule has 0 atom stereocenters. The van der Waals surface area contributed by atoms with Crippen LogP contribution >= 0.6 is 23.2 Å². The number of aromatic nitrogens is 2. The van der Waals surface area contributed by atoms with Crippen LogP contribution in [0.1, 0.15) is 12.5 Å².